The first-order chi connectivity index (χ1) is 10.2. The normalized spacial score (nSPS) is 20.7. The standard InChI is InChI=1S/C15H16N4O2/c1-18-7-11(6-14(18)20)15-17-16-13-9-21-12-5-3-2-4-10(12)8-19(13)15/h2-5,11H,6-9H2,1H3. The molecule has 6 nitrogen and oxygen atoms in total. The van der Waals surface area contributed by atoms with Crippen molar-refractivity contribution in [2.24, 2.45) is 0 Å². The Bertz CT molecular complexity index is 709. The topological polar surface area (TPSA) is 60.3 Å². The number of aromatic nitrogens is 3. The maximum Gasteiger partial charge on any atom is 0.223 e. The lowest BCUT2D eigenvalue weighted by Gasteiger charge is -2.12. The van der Waals surface area contributed by atoms with Crippen molar-refractivity contribution in [3.8, 4) is 5.75 Å². The fraction of sp³-hybridized carbons (Fsp3) is 0.400. The largest absolute Gasteiger partial charge is 0.485 e. The number of fused-ring (bicyclic) bond motifs is 2. The van der Waals surface area contributed by atoms with Crippen molar-refractivity contribution in [2.45, 2.75) is 25.5 Å². The predicted molar refractivity (Wildman–Crippen MR) is 74.9 cm³/mol. The Morgan fingerprint density at radius 1 is 1.29 bits per heavy atom. The van der Waals surface area contributed by atoms with Crippen molar-refractivity contribution >= 4 is 5.91 Å². The minimum atomic E-state index is 0.119. The molecule has 0 radical (unpaired) electrons. The number of amides is 1. The van der Waals surface area contributed by atoms with E-state index in [9.17, 15) is 4.79 Å². The molecule has 1 saturated heterocycles. The molecule has 1 aromatic carbocycles. The van der Waals surface area contributed by atoms with Crippen molar-refractivity contribution in [2.75, 3.05) is 13.6 Å². The Hall–Kier alpha value is -2.37. The van der Waals surface area contributed by atoms with Gasteiger partial charge >= 0.3 is 0 Å². The van der Waals surface area contributed by atoms with Crippen LogP contribution in [0.2, 0.25) is 0 Å². The fourth-order valence-corrected chi connectivity index (χ4v) is 3.05. The van der Waals surface area contributed by atoms with Gasteiger partial charge in [-0.25, -0.2) is 0 Å². The third kappa shape index (κ3) is 1.98. The Morgan fingerprint density at radius 3 is 2.95 bits per heavy atom. The quantitative estimate of drug-likeness (QED) is 0.788. The third-order valence-electron chi connectivity index (χ3n) is 4.22. The first-order valence-electron chi connectivity index (χ1n) is 7.09. The lowest BCUT2D eigenvalue weighted by atomic mass is 10.1. The van der Waals surface area contributed by atoms with Gasteiger partial charge in [-0.15, -0.1) is 10.2 Å². The van der Waals surface area contributed by atoms with Crippen molar-refractivity contribution < 1.29 is 9.53 Å². The Kier molecular flexibility index (Phi) is 2.70. The number of hydrogen-bond donors (Lipinski definition) is 0. The molecule has 4 rings (SSSR count). The minimum Gasteiger partial charge on any atom is -0.485 e. The van der Waals surface area contributed by atoms with Crippen molar-refractivity contribution in [1.29, 1.82) is 0 Å². The van der Waals surface area contributed by atoms with Crippen LogP contribution in [-0.2, 0) is 17.9 Å². The summed E-state index contributed by atoms with van der Waals surface area (Å²) < 4.78 is 7.89. The Morgan fingerprint density at radius 2 is 2.14 bits per heavy atom. The van der Waals surface area contributed by atoms with Gasteiger partial charge in [-0.1, -0.05) is 18.2 Å². The average Bonchev–Trinajstić information content (AvgIpc) is 2.96. The summed E-state index contributed by atoms with van der Waals surface area (Å²) >= 11 is 0. The molecule has 1 unspecified atom stereocenters. The number of para-hydroxylation sites is 1. The van der Waals surface area contributed by atoms with Crippen LogP contribution in [0.3, 0.4) is 0 Å². The molecule has 1 atom stereocenters. The van der Waals surface area contributed by atoms with Crippen LogP contribution in [0.5, 0.6) is 5.75 Å². The van der Waals surface area contributed by atoms with E-state index < -0.39 is 0 Å². The lowest BCUT2D eigenvalue weighted by Crippen LogP contribution is -2.19. The molecule has 2 aromatic rings. The number of carbonyl (C=O) groups is 1. The van der Waals surface area contributed by atoms with E-state index in [1.165, 1.54) is 0 Å². The molecule has 2 aliphatic heterocycles. The van der Waals surface area contributed by atoms with Crippen molar-refractivity contribution in [3.63, 3.8) is 0 Å². The molecule has 0 bridgehead atoms. The van der Waals surface area contributed by atoms with Crippen LogP contribution in [0, 0.1) is 0 Å². The average molecular weight is 284 g/mol. The minimum absolute atomic E-state index is 0.119. The summed E-state index contributed by atoms with van der Waals surface area (Å²) in [7, 11) is 1.83. The predicted octanol–water partition coefficient (Wildman–Crippen LogP) is 1.16. The van der Waals surface area contributed by atoms with Gasteiger partial charge in [0.15, 0.2) is 5.82 Å². The number of likely N-dealkylation sites (N-methyl/N-ethyl adjacent to an activating group) is 1. The number of benzene rings is 1. The second-order valence-electron chi connectivity index (χ2n) is 5.63. The highest BCUT2D eigenvalue weighted by molar-refractivity contribution is 5.79. The number of nitrogens with zero attached hydrogens (tertiary/aromatic N) is 4. The second-order valence-corrected chi connectivity index (χ2v) is 5.63. The van der Waals surface area contributed by atoms with Crippen molar-refractivity contribution in [1.82, 2.24) is 19.7 Å². The molecule has 1 fully saturated rings. The number of carbonyl (C=O) groups excluding carboxylic acids is 1. The summed E-state index contributed by atoms with van der Waals surface area (Å²) in [5.41, 5.74) is 1.12. The zero-order chi connectivity index (χ0) is 14.4. The molecule has 1 aromatic heterocycles. The number of hydrogen-bond acceptors (Lipinski definition) is 4. The smallest absolute Gasteiger partial charge is 0.223 e. The third-order valence-corrected chi connectivity index (χ3v) is 4.22. The van der Waals surface area contributed by atoms with E-state index in [0.717, 1.165) is 23.0 Å². The molecule has 21 heavy (non-hydrogen) atoms. The first-order valence-corrected chi connectivity index (χ1v) is 7.09. The van der Waals surface area contributed by atoms with E-state index in [-0.39, 0.29) is 11.8 Å². The van der Waals surface area contributed by atoms with Gasteiger partial charge < -0.3 is 14.2 Å². The molecular formula is C15H16N4O2. The van der Waals surface area contributed by atoms with E-state index in [0.29, 0.717) is 26.1 Å². The van der Waals surface area contributed by atoms with E-state index in [2.05, 4.69) is 20.8 Å². The van der Waals surface area contributed by atoms with Gasteiger partial charge in [0.1, 0.15) is 18.2 Å². The Balaban J connectivity index is 1.72. The SMILES string of the molecule is CN1CC(c2nnc3n2Cc2ccccc2OC3)CC1=O. The van der Waals surface area contributed by atoms with E-state index in [4.69, 9.17) is 4.74 Å². The zero-order valence-electron chi connectivity index (χ0n) is 11.8. The van der Waals surface area contributed by atoms with Gasteiger partial charge in [-0.3, -0.25) is 4.79 Å². The molecule has 2 aliphatic rings. The summed E-state index contributed by atoms with van der Waals surface area (Å²) in [6.07, 6.45) is 0.511. The highest BCUT2D eigenvalue weighted by Gasteiger charge is 2.33. The van der Waals surface area contributed by atoms with Crippen LogP contribution >= 0.6 is 0 Å². The summed E-state index contributed by atoms with van der Waals surface area (Å²) in [5.74, 6) is 2.90. The van der Waals surface area contributed by atoms with Crippen LogP contribution < -0.4 is 4.74 Å². The lowest BCUT2D eigenvalue weighted by molar-refractivity contribution is -0.126. The van der Waals surface area contributed by atoms with E-state index in [1.807, 2.05) is 25.2 Å². The van der Waals surface area contributed by atoms with Crippen LogP contribution in [0.1, 0.15) is 29.6 Å². The van der Waals surface area contributed by atoms with Crippen LogP contribution in [0.25, 0.3) is 0 Å². The van der Waals surface area contributed by atoms with Crippen LogP contribution in [-0.4, -0.2) is 39.2 Å². The maximum absolute atomic E-state index is 11.8. The van der Waals surface area contributed by atoms with Gasteiger partial charge in [0.25, 0.3) is 0 Å². The molecule has 3 heterocycles. The van der Waals surface area contributed by atoms with Crippen LogP contribution in [0.4, 0.5) is 0 Å². The maximum atomic E-state index is 11.8. The van der Waals surface area contributed by atoms with Gasteiger partial charge in [0.05, 0.1) is 6.54 Å². The summed E-state index contributed by atoms with van der Waals surface area (Å²) in [4.78, 5) is 13.5. The molecular weight excluding hydrogens is 268 g/mol. The highest BCUT2D eigenvalue weighted by atomic mass is 16.5. The summed E-state index contributed by atoms with van der Waals surface area (Å²) in [5, 5.41) is 8.57. The molecule has 6 heteroatoms. The van der Waals surface area contributed by atoms with Gasteiger partial charge in [0, 0.05) is 31.5 Å². The fourth-order valence-electron chi connectivity index (χ4n) is 3.05. The molecule has 0 spiro atoms. The summed E-state index contributed by atoms with van der Waals surface area (Å²) in [6.45, 7) is 1.82. The monoisotopic (exact) mass is 284 g/mol. The molecule has 0 N–H and O–H groups in total. The van der Waals surface area contributed by atoms with E-state index in [1.54, 1.807) is 4.90 Å². The summed E-state index contributed by atoms with van der Waals surface area (Å²) in [6, 6.07) is 8.00. The van der Waals surface area contributed by atoms with Crippen LogP contribution in [0.15, 0.2) is 24.3 Å². The Labute approximate surface area is 122 Å². The second kappa shape index (κ2) is 4.58. The van der Waals surface area contributed by atoms with Crippen molar-refractivity contribution in [3.05, 3.63) is 41.5 Å². The molecule has 0 saturated carbocycles. The van der Waals surface area contributed by atoms with Gasteiger partial charge in [0.2, 0.25) is 5.91 Å². The van der Waals surface area contributed by atoms with E-state index >= 15 is 0 Å². The van der Waals surface area contributed by atoms with Gasteiger partial charge in [-0.2, -0.15) is 0 Å². The zero-order valence-corrected chi connectivity index (χ0v) is 11.8. The number of ether oxygens (including phenoxy) is 1. The first kappa shape index (κ1) is 12.4. The van der Waals surface area contributed by atoms with Gasteiger partial charge in [-0.05, 0) is 6.07 Å². The number of rotatable bonds is 1. The highest BCUT2D eigenvalue weighted by Crippen LogP contribution is 2.30. The number of likely N-dealkylation sites (tertiary alicyclic amines) is 1. The molecule has 0 aliphatic carbocycles. The molecule has 1 amide bonds. The molecule has 108 valence electrons.